The Bertz CT molecular complexity index is 645. The fourth-order valence-corrected chi connectivity index (χ4v) is 2.95. The van der Waals surface area contributed by atoms with Crippen LogP contribution in [0.1, 0.15) is 19.8 Å². The average Bonchev–Trinajstić information content (AvgIpc) is 2.66. The van der Waals surface area contributed by atoms with Crippen molar-refractivity contribution in [1.29, 1.82) is 0 Å². The van der Waals surface area contributed by atoms with Gasteiger partial charge in [-0.15, -0.1) is 0 Å². The Morgan fingerprint density at radius 1 is 1.11 bits per heavy atom. The van der Waals surface area contributed by atoms with E-state index in [1.807, 2.05) is 0 Å². The summed E-state index contributed by atoms with van der Waals surface area (Å²) in [5.41, 5.74) is 4.70. The van der Waals surface area contributed by atoms with Crippen LogP contribution >= 0.6 is 11.6 Å². The molecule has 0 bridgehead atoms. The topological polar surface area (TPSA) is 98.2 Å². The van der Waals surface area contributed by atoms with Crippen molar-refractivity contribution >= 4 is 29.4 Å². The van der Waals surface area contributed by atoms with Crippen molar-refractivity contribution in [3.8, 4) is 5.75 Å². The SMILES string of the molecule is CCOC(=O)C1CC[NH+](CC(=O)NNC(=O)COc2ccc(Cl)cc2)CC1. The molecule has 0 aliphatic carbocycles. The number of rotatable bonds is 7. The third-order valence-corrected chi connectivity index (χ3v) is 4.50. The standard InChI is InChI=1S/C18H24ClN3O5/c1-2-26-18(25)13-7-9-22(10-8-13)11-16(23)20-21-17(24)12-27-15-5-3-14(19)4-6-15/h3-6,13H,2,7-12H2,1H3,(H,20,23)(H,21,24)/p+1. The summed E-state index contributed by atoms with van der Waals surface area (Å²) >= 11 is 5.77. The molecule has 0 saturated carbocycles. The lowest BCUT2D eigenvalue weighted by Crippen LogP contribution is -3.14. The Morgan fingerprint density at radius 2 is 1.74 bits per heavy atom. The summed E-state index contributed by atoms with van der Waals surface area (Å²) in [5.74, 6) is -0.487. The number of amides is 2. The van der Waals surface area contributed by atoms with Gasteiger partial charge in [0.2, 0.25) is 0 Å². The highest BCUT2D eigenvalue weighted by atomic mass is 35.5. The summed E-state index contributed by atoms with van der Waals surface area (Å²) in [6.45, 7) is 3.61. The molecule has 0 radical (unpaired) electrons. The number of carbonyl (C=O) groups excluding carboxylic acids is 3. The molecule has 1 saturated heterocycles. The van der Waals surface area contributed by atoms with E-state index in [-0.39, 0.29) is 30.9 Å². The molecule has 27 heavy (non-hydrogen) atoms. The summed E-state index contributed by atoms with van der Waals surface area (Å²) in [7, 11) is 0. The van der Waals surface area contributed by atoms with Crippen molar-refractivity contribution in [2.45, 2.75) is 19.8 Å². The third kappa shape index (κ3) is 7.44. The number of likely N-dealkylation sites (tertiary alicyclic amines) is 1. The number of esters is 1. The number of nitrogens with one attached hydrogen (secondary N) is 3. The van der Waals surface area contributed by atoms with E-state index in [9.17, 15) is 14.4 Å². The Balaban J connectivity index is 1.61. The minimum atomic E-state index is -0.464. The summed E-state index contributed by atoms with van der Waals surface area (Å²) < 4.78 is 10.3. The van der Waals surface area contributed by atoms with Gasteiger partial charge in [0.05, 0.1) is 25.6 Å². The van der Waals surface area contributed by atoms with Gasteiger partial charge < -0.3 is 14.4 Å². The van der Waals surface area contributed by atoms with Crippen LogP contribution in [0.15, 0.2) is 24.3 Å². The molecule has 1 aromatic rings. The van der Waals surface area contributed by atoms with Crippen LogP contribution in [0.3, 0.4) is 0 Å². The molecule has 0 unspecified atom stereocenters. The zero-order valence-electron chi connectivity index (χ0n) is 15.3. The first-order valence-electron chi connectivity index (χ1n) is 8.94. The van der Waals surface area contributed by atoms with Gasteiger partial charge in [0.15, 0.2) is 13.2 Å². The lowest BCUT2D eigenvalue weighted by molar-refractivity contribution is -0.897. The Hall–Kier alpha value is -2.32. The van der Waals surface area contributed by atoms with E-state index in [4.69, 9.17) is 21.1 Å². The van der Waals surface area contributed by atoms with Crippen LogP contribution in [0.4, 0.5) is 0 Å². The predicted octanol–water partition coefficient (Wildman–Crippen LogP) is -0.276. The van der Waals surface area contributed by atoms with Crippen LogP contribution < -0.4 is 20.5 Å². The average molecular weight is 399 g/mol. The molecule has 2 rings (SSSR count). The van der Waals surface area contributed by atoms with Gasteiger partial charge >= 0.3 is 5.97 Å². The van der Waals surface area contributed by atoms with Crippen molar-refractivity contribution in [1.82, 2.24) is 10.9 Å². The minimum Gasteiger partial charge on any atom is -0.484 e. The van der Waals surface area contributed by atoms with Crippen LogP contribution in [0, 0.1) is 5.92 Å². The second kappa shape index (κ2) is 10.7. The van der Waals surface area contributed by atoms with Crippen molar-refractivity contribution in [2.75, 3.05) is 32.8 Å². The number of hydrazine groups is 1. The van der Waals surface area contributed by atoms with Gasteiger partial charge in [0.25, 0.3) is 11.8 Å². The Labute approximate surface area is 163 Å². The monoisotopic (exact) mass is 398 g/mol. The van der Waals surface area contributed by atoms with E-state index < -0.39 is 5.91 Å². The minimum absolute atomic E-state index is 0.0820. The summed E-state index contributed by atoms with van der Waals surface area (Å²) in [6, 6.07) is 6.61. The van der Waals surface area contributed by atoms with E-state index in [1.54, 1.807) is 31.2 Å². The number of hydrogen-bond donors (Lipinski definition) is 3. The first kappa shape index (κ1) is 21.0. The lowest BCUT2D eigenvalue weighted by Gasteiger charge is -2.27. The van der Waals surface area contributed by atoms with Crippen LogP contribution in [-0.2, 0) is 19.1 Å². The maximum atomic E-state index is 12.0. The molecule has 3 N–H and O–H groups in total. The molecule has 2 amide bonds. The summed E-state index contributed by atoms with van der Waals surface area (Å²) in [4.78, 5) is 36.5. The van der Waals surface area contributed by atoms with Crippen LogP contribution in [0.2, 0.25) is 5.02 Å². The number of carbonyl (C=O) groups is 3. The van der Waals surface area contributed by atoms with Crippen molar-refractivity contribution in [2.24, 2.45) is 5.92 Å². The van der Waals surface area contributed by atoms with E-state index in [1.165, 1.54) is 0 Å². The number of hydrogen-bond acceptors (Lipinski definition) is 5. The van der Waals surface area contributed by atoms with Gasteiger partial charge in [0.1, 0.15) is 5.75 Å². The molecule has 1 fully saturated rings. The fraction of sp³-hybridized carbons (Fsp3) is 0.500. The molecule has 1 aromatic carbocycles. The van der Waals surface area contributed by atoms with Crippen molar-refractivity contribution in [3.05, 3.63) is 29.3 Å². The second-order valence-corrected chi connectivity index (χ2v) is 6.73. The van der Waals surface area contributed by atoms with Crippen molar-refractivity contribution in [3.63, 3.8) is 0 Å². The smallest absolute Gasteiger partial charge is 0.309 e. The Morgan fingerprint density at radius 3 is 2.37 bits per heavy atom. The van der Waals surface area contributed by atoms with E-state index in [2.05, 4.69) is 10.9 Å². The predicted molar refractivity (Wildman–Crippen MR) is 98.2 cm³/mol. The molecule has 1 aliphatic heterocycles. The van der Waals surface area contributed by atoms with Crippen LogP contribution in [-0.4, -0.2) is 50.6 Å². The highest BCUT2D eigenvalue weighted by Gasteiger charge is 2.29. The first-order chi connectivity index (χ1) is 13.0. The van der Waals surface area contributed by atoms with Gasteiger partial charge in [-0.2, -0.15) is 0 Å². The largest absolute Gasteiger partial charge is 0.484 e. The number of halogens is 1. The number of ether oxygens (including phenoxy) is 2. The summed E-state index contributed by atoms with van der Waals surface area (Å²) in [5, 5.41) is 0.577. The van der Waals surface area contributed by atoms with Gasteiger partial charge in [-0.3, -0.25) is 25.2 Å². The molecule has 0 spiro atoms. The fourth-order valence-electron chi connectivity index (χ4n) is 2.83. The molecule has 1 heterocycles. The van der Waals surface area contributed by atoms with Gasteiger partial charge in [-0.25, -0.2) is 0 Å². The highest BCUT2D eigenvalue weighted by Crippen LogP contribution is 2.15. The van der Waals surface area contributed by atoms with Crippen LogP contribution in [0.5, 0.6) is 5.75 Å². The molecule has 0 atom stereocenters. The number of quaternary nitrogens is 1. The zero-order valence-corrected chi connectivity index (χ0v) is 16.0. The zero-order chi connectivity index (χ0) is 19.6. The van der Waals surface area contributed by atoms with Crippen molar-refractivity contribution < 1.29 is 28.8 Å². The second-order valence-electron chi connectivity index (χ2n) is 6.29. The van der Waals surface area contributed by atoms with Gasteiger partial charge in [0, 0.05) is 17.9 Å². The molecular weight excluding hydrogens is 374 g/mol. The molecule has 8 nitrogen and oxygen atoms in total. The molecular formula is C18H25ClN3O5+. The molecule has 1 aliphatic rings. The summed E-state index contributed by atoms with van der Waals surface area (Å²) in [6.07, 6.45) is 1.39. The molecule has 148 valence electrons. The van der Waals surface area contributed by atoms with Gasteiger partial charge in [-0.05, 0) is 31.2 Å². The number of benzene rings is 1. The molecule has 9 heteroatoms. The van der Waals surface area contributed by atoms with Gasteiger partial charge in [-0.1, -0.05) is 11.6 Å². The Kier molecular flexibility index (Phi) is 8.35. The quantitative estimate of drug-likeness (QED) is 0.433. The first-order valence-corrected chi connectivity index (χ1v) is 9.32. The highest BCUT2D eigenvalue weighted by molar-refractivity contribution is 6.30. The van der Waals surface area contributed by atoms with E-state index in [0.717, 1.165) is 4.90 Å². The number of piperidine rings is 1. The van der Waals surface area contributed by atoms with E-state index >= 15 is 0 Å². The van der Waals surface area contributed by atoms with Crippen LogP contribution in [0.25, 0.3) is 0 Å². The third-order valence-electron chi connectivity index (χ3n) is 4.25. The molecule has 0 aromatic heterocycles. The van der Waals surface area contributed by atoms with E-state index in [0.29, 0.717) is 43.3 Å². The normalized spacial score (nSPS) is 19.0. The lowest BCUT2D eigenvalue weighted by atomic mass is 9.97. The maximum Gasteiger partial charge on any atom is 0.309 e. The maximum absolute atomic E-state index is 12.0.